The molecule has 2 nitrogen and oxygen atoms in total. The van der Waals surface area contributed by atoms with Crippen LogP contribution in [0.3, 0.4) is 0 Å². The Balaban J connectivity index is 1.56. The highest BCUT2D eigenvalue weighted by atomic mass is 32.1. The average Bonchev–Trinajstić information content (AvgIpc) is 3.23. The van der Waals surface area contributed by atoms with E-state index in [1.165, 1.54) is 36.9 Å². The van der Waals surface area contributed by atoms with E-state index >= 15 is 0 Å². The van der Waals surface area contributed by atoms with E-state index in [2.05, 4.69) is 84.5 Å². The van der Waals surface area contributed by atoms with Gasteiger partial charge in [-0.1, -0.05) is 48.6 Å². The lowest BCUT2D eigenvalue weighted by Gasteiger charge is -2.20. The fourth-order valence-corrected chi connectivity index (χ4v) is 5.45. The standard InChI is InChI=1S/C30H26N2S/c1-21(11-4-3-5-13-23-14-6-8-17-31-23)25-19-27-24-15-10-12-22(2)30(24)33-29(27)20-26(25)28-16-7-9-18-32-28/h3-10,12,14-20,28,32H,13H2,1-2H3/b5-3-. The minimum absolute atomic E-state index is 0.150. The number of nitrogens with zero attached hydrogens (tertiary/aromatic N) is 1. The number of hydrogen-bond donors (Lipinski definition) is 1. The number of aryl methyl sites for hydroxylation is 1. The van der Waals surface area contributed by atoms with Crippen LogP contribution in [0.4, 0.5) is 0 Å². The zero-order chi connectivity index (χ0) is 22.6. The molecule has 162 valence electrons. The van der Waals surface area contributed by atoms with Crippen molar-refractivity contribution in [2.75, 3.05) is 0 Å². The summed E-state index contributed by atoms with van der Waals surface area (Å²) < 4.78 is 2.70. The summed E-state index contributed by atoms with van der Waals surface area (Å²) >= 11 is 1.88. The highest BCUT2D eigenvalue weighted by Gasteiger charge is 2.17. The van der Waals surface area contributed by atoms with E-state index in [4.69, 9.17) is 0 Å². The van der Waals surface area contributed by atoms with Crippen molar-refractivity contribution in [1.82, 2.24) is 10.3 Å². The van der Waals surface area contributed by atoms with Gasteiger partial charge in [-0.25, -0.2) is 0 Å². The maximum atomic E-state index is 4.37. The smallest absolute Gasteiger partial charge is 0.0702 e. The number of fused-ring (bicyclic) bond motifs is 3. The lowest BCUT2D eigenvalue weighted by molar-refractivity contribution is 0.745. The summed E-state index contributed by atoms with van der Waals surface area (Å²) in [6.45, 7) is 4.34. The van der Waals surface area contributed by atoms with Gasteiger partial charge in [-0.3, -0.25) is 4.98 Å². The average molecular weight is 447 g/mol. The molecule has 1 aliphatic rings. The quantitative estimate of drug-likeness (QED) is 0.250. The molecule has 0 radical (unpaired) electrons. The van der Waals surface area contributed by atoms with Gasteiger partial charge in [-0.2, -0.15) is 0 Å². The van der Waals surface area contributed by atoms with Gasteiger partial charge >= 0.3 is 0 Å². The van der Waals surface area contributed by atoms with Gasteiger partial charge in [0, 0.05) is 38.5 Å². The lowest BCUT2D eigenvalue weighted by atomic mass is 9.93. The Morgan fingerprint density at radius 2 is 2.06 bits per heavy atom. The van der Waals surface area contributed by atoms with Crippen molar-refractivity contribution < 1.29 is 0 Å². The number of hydrogen-bond acceptors (Lipinski definition) is 3. The van der Waals surface area contributed by atoms with Crippen LogP contribution in [0.1, 0.15) is 35.3 Å². The molecule has 1 atom stereocenters. The number of rotatable bonds is 5. The van der Waals surface area contributed by atoms with Crippen LogP contribution in [0, 0.1) is 6.92 Å². The molecule has 33 heavy (non-hydrogen) atoms. The van der Waals surface area contributed by atoms with Gasteiger partial charge in [-0.15, -0.1) is 17.1 Å². The van der Waals surface area contributed by atoms with Crippen molar-refractivity contribution in [1.29, 1.82) is 0 Å². The van der Waals surface area contributed by atoms with Crippen LogP contribution in [-0.4, -0.2) is 4.98 Å². The number of nitrogens with one attached hydrogen (secondary N) is 1. The minimum atomic E-state index is 0.150. The number of thiophene rings is 1. The normalized spacial score (nSPS) is 15.2. The number of dihydropyridines is 1. The molecule has 5 rings (SSSR count). The molecular formula is C30H26N2S. The first-order valence-corrected chi connectivity index (χ1v) is 12.1. The SMILES string of the molecule is CC(=C=C/C=C\Cc1ccccn1)c1cc2c(cc1C1C=CC=CN1)sc1c(C)cccc12. The first-order chi connectivity index (χ1) is 16.2. The van der Waals surface area contributed by atoms with Crippen molar-refractivity contribution in [3.05, 3.63) is 125 Å². The number of aromatic nitrogens is 1. The van der Waals surface area contributed by atoms with Crippen LogP contribution >= 0.6 is 11.3 Å². The summed E-state index contributed by atoms with van der Waals surface area (Å²) in [4.78, 5) is 4.37. The molecular weight excluding hydrogens is 420 g/mol. The zero-order valence-corrected chi connectivity index (χ0v) is 19.7. The largest absolute Gasteiger partial charge is 0.381 e. The highest BCUT2D eigenvalue weighted by molar-refractivity contribution is 7.26. The van der Waals surface area contributed by atoms with E-state index in [-0.39, 0.29) is 6.04 Å². The van der Waals surface area contributed by atoms with Crippen LogP contribution < -0.4 is 5.32 Å². The van der Waals surface area contributed by atoms with Crippen molar-refractivity contribution in [2.24, 2.45) is 0 Å². The third kappa shape index (κ3) is 4.47. The third-order valence-electron chi connectivity index (χ3n) is 5.98. The predicted molar refractivity (Wildman–Crippen MR) is 142 cm³/mol. The monoisotopic (exact) mass is 446 g/mol. The summed E-state index contributed by atoms with van der Waals surface area (Å²) in [5.74, 6) is 0. The Labute approximate surface area is 199 Å². The lowest BCUT2D eigenvalue weighted by Crippen LogP contribution is -2.16. The molecule has 3 heteroatoms. The summed E-state index contributed by atoms with van der Waals surface area (Å²) in [5.41, 5.74) is 9.54. The predicted octanol–water partition coefficient (Wildman–Crippen LogP) is 7.83. The van der Waals surface area contributed by atoms with E-state index in [1.54, 1.807) is 0 Å². The Bertz CT molecular complexity index is 1460. The van der Waals surface area contributed by atoms with E-state index < -0.39 is 0 Å². The molecule has 3 heterocycles. The molecule has 2 aromatic heterocycles. The Hall–Kier alpha value is -3.65. The van der Waals surface area contributed by atoms with Gasteiger partial charge in [0.05, 0.1) is 6.04 Å². The molecule has 1 N–H and O–H groups in total. The van der Waals surface area contributed by atoms with Gasteiger partial charge in [0.15, 0.2) is 0 Å². The number of allylic oxidation sites excluding steroid dienone is 5. The van der Waals surface area contributed by atoms with Crippen LogP contribution in [0.2, 0.25) is 0 Å². The first-order valence-electron chi connectivity index (χ1n) is 11.2. The molecule has 0 bridgehead atoms. The molecule has 0 amide bonds. The van der Waals surface area contributed by atoms with Crippen molar-refractivity contribution >= 4 is 37.1 Å². The maximum Gasteiger partial charge on any atom is 0.0702 e. The van der Waals surface area contributed by atoms with Crippen LogP contribution in [0.25, 0.3) is 25.7 Å². The second-order valence-corrected chi connectivity index (χ2v) is 9.32. The Kier molecular flexibility index (Phi) is 6.08. The molecule has 0 spiro atoms. The first kappa shape index (κ1) is 21.2. The molecule has 1 aliphatic heterocycles. The van der Waals surface area contributed by atoms with Crippen molar-refractivity contribution in [3.63, 3.8) is 0 Å². The number of pyridine rings is 1. The third-order valence-corrected chi connectivity index (χ3v) is 7.28. The van der Waals surface area contributed by atoms with E-state index in [9.17, 15) is 0 Å². The van der Waals surface area contributed by atoms with Crippen LogP contribution in [0.15, 0.2) is 103 Å². The molecule has 0 saturated carbocycles. The summed E-state index contributed by atoms with van der Waals surface area (Å²) in [6.07, 6.45) is 17.2. The second kappa shape index (κ2) is 9.46. The van der Waals surface area contributed by atoms with Gasteiger partial charge in [-0.05, 0) is 78.7 Å². The van der Waals surface area contributed by atoms with Crippen molar-refractivity contribution in [3.8, 4) is 0 Å². The Morgan fingerprint density at radius 1 is 1.12 bits per heavy atom. The number of benzene rings is 2. The topological polar surface area (TPSA) is 24.9 Å². The molecule has 0 fully saturated rings. The highest BCUT2D eigenvalue weighted by Crippen LogP contribution is 2.40. The van der Waals surface area contributed by atoms with E-state index in [1.807, 2.05) is 54.1 Å². The zero-order valence-electron chi connectivity index (χ0n) is 18.9. The van der Waals surface area contributed by atoms with Gasteiger partial charge < -0.3 is 5.32 Å². The fourth-order valence-electron chi connectivity index (χ4n) is 4.25. The van der Waals surface area contributed by atoms with Crippen LogP contribution in [0.5, 0.6) is 0 Å². The summed E-state index contributed by atoms with van der Waals surface area (Å²) in [6, 6.07) is 17.5. The van der Waals surface area contributed by atoms with Crippen molar-refractivity contribution in [2.45, 2.75) is 26.3 Å². The summed E-state index contributed by atoms with van der Waals surface area (Å²) in [5, 5.41) is 6.15. The van der Waals surface area contributed by atoms with E-state index in [0.717, 1.165) is 17.7 Å². The molecule has 0 saturated heterocycles. The molecule has 2 aromatic carbocycles. The van der Waals surface area contributed by atoms with Crippen LogP contribution in [-0.2, 0) is 6.42 Å². The molecule has 4 aromatic rings. The minimum Gasteiger partial charge on any atom is -0.381 e. The molecule has 1 unspecified atom stereocenters. The van der Waals surface area contributed by atoms with Gasteiger partial charge in [0.1, 0.15) is 0 Å². The van der Waals surface area contributed by atoms with E-state index in [0.29, 0.717) is 0 Å². The van der Waals surface area contributed by atoms with Gasteiger partial charge in [0.25, 0.3) is 0 Å². The molecule has 0 aliphatic carbocycles. The second-order valence-electron chi connectivity index (χ2n) is 8.27. The Morgan fingerprint density at radius 3 is 2.88 bits per heavy atom. The maximum absolute atomic E-state index is 4.37. The van der Waals surface area contributed by atoms with Gasteiger partial charge in [0.2, 0.25) is 0 Å². The summed E-state index contributed by atoms with van der Waals surface area (Å²) in [7, 11) is 0. The fraction of sp³-hybridized carbons (Fsp3) is 0.133.